The van der Waals surface area contributed by atoms with E-state index in [-0.39, 0.29) is 0 Å². The summed E-state index contributed by atoms with van der Waals surface area (Å²) in [6, 6.07) is 0.612. The number of nitrogens with zero attached hydrogens (tertiary/aromatic N) is 4. The second-order valence-electron chi connectivity index (χ2n) is 5.52. The lowest BCUT2D eigenvalue weighted by Crippen LogP contribution is -2.45. The molecule has 106 valence electrons. The molecule has 2 heterocycles. The van der Waals surface area contributed by atoms with Gasteiger partial charge in [-0.25, -0.2) is 9.97 Å². The Morgan fingerprint density at radius 3 is 2.63 bits per heavy atom. The lowest BCUT2D eigenvalue weighted by molar-refractivity contribution is 0.257. The summed E-state index contributed by atoms with van der Waals surface area (Å²) in [4.78, 5) is 13.8. The molecule has 0 radical (unpaired) electrons. The summed E-state index contributed by atoms with van der Waals surface area (Å²) in [6.07, 6.45) is 2.49. The van der Waals surface area contributed by atoms with Gasteiger partial charge in [0.25, 0.3) is 0 Å². The highest BCUT2D eigenvalue weighted by Crippen LogP contribution is 2.26. The topological polar surface area (TPSA) is 44.3 Å². The Bertz CT molecular complexity index is 444. The molecule has 1 aliphatic heterocycles. The molecule has 5 nitrogen and oxygen atoms in total. The van der Waals surface area contributed by atoms with Crippen molar-refractivity contribution >= 4 is 11.6 Å². The van der Waals surface area contributed by atoms with E-state index in [4.69, 9.17) is 0 Å². The Morgan fingerprint density at radius 2 is 2.00 bits per heavy atom. The van der Waals surface area contributed by atoms with Crippen molar-refractivity contribution in [3.8, 4) is 0 Å². The third-order valence-corrected chi connectivity index (χ3v) is 3.90. The second kappa shape index (κ2) is 5.74. The molecule has 1 atom stereocenters. The van der Waals surface area contributed by atoms with Crippen molar-refractivity contribution in [2.24, 2.45) is 0 Å². The van der Waals surface area contributed by atoms with Crippen molar-refractivity contribution in [2.45, 2.75) is 32.7 Å². The van der Waals surface area contributed by atoms with E-state index in [1.165, 1.54) is 12.8 Å². The quantitative estimate of drug-likeness (QED) is 0.898. The fourth-order valence-corrected chi connectivity index (χ4v) is 2.73. The van der Waals surface area contributed by atoms with Gasteiger partial charge in [-0.15, -0.1) is 0 Å². The molecule has 0 spiro atoms. The number of likely N-dealkylation sites (N-methyl/N-ethyl adjacent to an activating group) is 1. The molecule has 2 rings (SSSR count). The summed E-state index contributed by atoms with van der Waals surface area (Å²) in [7, 11) is 6.23. The van der Waals surface area contributed by atoms with Crippen molar-refractivity contribution < 1.29 is 0 Å². The van der Waals surface area contributed by atoms with E-state index in [0.29, 0.717) is 6.04 Å². The number of hydrogen-bond donors (Lipinski definition) is 1. The van der Waals surface area contributed by atoms with E-state index in [1.54, 1.807) is 0 Å². The van der Waals surface area contributed by atoms with Gasteiger partial charge in [0, 0.05) is 31.7 Å². The molecule has 0 aliphatic carbocycles. The maximum absolute atomic E-state index is 4.66. The lowest BCUT2D eigenvalue weighted by Gasteiger charge is -2.37. The number of aryl methyl sites for hydroxylation is 1. The molecular formula is C14H25N5. The second-order valence-corrected chi connectivity index (χ2v) is 5.52. The van der Waals surface area contributed by atoms with Gasteiger partial charge in [0.1, 0.15) is 17.5 Å². The molecular weight excluding hydrogens is 238 g/mol. The van der Waals surface area contributed by atoms with Gasteiger partial charge in [0.05, 0.1) is 0 Å². The van der Waals surface area contributed by atoms with E-state index in [1.807, 2.05) is 14.0 Å². The SMILES string of the molecule is CNc1nc(C)nc(N2CCCC(N(C)C)C2)c1C. The molecule has 1 saturated heterocycles. The van der Waals surface area contributed by atoms with Crippen molar-refractivity contribution in [3.05, 3.63) is 11.4 Å². The van der Waals surface area contributed by atoms with E-state index in [0.717, 1.165) is 36.1 Å². The number of anilines is 2. The highest BCUT2D eigenvalue weighted by molar-refractivity contribution is 5.58. The average molecular weight is 263 g/mol. The highest BCUT2D eigenvalue weighted by atomic mass is 15.3. The van der Waals surface area contributed by atoms with Crippen LogP contribution < -0.4 is 10.2 Å². The van der Waals surface area contributed by atoms with Crippen molar-refractivity contribution in [1.29, 1.82) is 0 Å². The minimum atomic E-state index is 0.612. The Balaban J connectivity index is 2.28. The smallest absolute Gasteiger partial charge is 0.137 e. The third kappa shape index (κ3) is 2.97. The Labute approximate surface area is 116 Å². The maximum atomic E-state index is 4.66. The summed E-state index contributed by atoms with van der Waals surface area (Å²) < 4.78 is 0. The molecule has 1 aliphatic rings. The van der Waals surface area contributed by atoms with Gasteiger partial charge >= 0.3 is 0 Å². The van der Waals surface area contributed by atoms with E-state index in [2.05, 4.69) is 46.1 Å². The molecule has 1 unspecified atom stereocenters. The zero-order valence-electron chi connectivity index (χ0n) is 12.7. The number of aromatic nitrogens is 2. The first kappa shape index (κ1) is 14.1. The molecule has 0 aromatic carbocycles. The van der Waals surface area contributed by atoms with Crippen LogP contribution in [-0.2, 0) is 0 Å². The maximum Gasteiger partial charge on any atom is 0.137 e. The van der Waals surface area contributed by atoms with Crippen LogP contribution >= 0.6 is 0 Å². The van der Waals surface area contributed by atoms with Gasteiger partial charge in [0.2, 0.25) is 0 Å². The minimum absolute atomic E-state index is 0.612. The van der Waals surface area contributed by atoms with Crippen LogP contribution in [0.15, 0.2) is 0 Å². The molecule has 1 aromatic heterocycles. The van der Waals surface area contributed by atoms with E-state index >= 15 is 0 Å². The summed E-state index contributed by atoms with van der Waals surface area (Å²) in [5.41, 5.74) is 1.15. The summed E-state index contributed by atoms with van der Waals surface area (Å²) in [5, 5.41) is 3.16. The van der Waals surface area contributed by atoms with Gasteiger partial charge < -0.3 is 15.1 Å². The summed E-state index contributed by atoms with van der Waals surface area (Å²) >= 11 is 0. The van der Waals surface area contributed by atoms with Crippen molar-refractivity contribution in [2.75, 3.05) is 44.4 Å². The molecule has 0 bridgehead atoms. The van der Waals surface area contributed by atoms with Gasteiger partial charge in [-0.1, -0.05) is 0 Å². The zero-order valence-corrected chi connectivity index (χ0v) is 12.7. The first-order valence-corrected chi connectivity index (χ1v) is 6.97. The van der Waals surface area contributed by atoms with Crippen LogP contribution in [0.25, 0.3) is 0 Å². The van der Waals surface area contributed by atoms with Gasteiger partial charge in [-0.3, -0.25) is 0 Å². The normalized spacial score (nSPS) is 19.9. The number of rotatable bonds is 3. The molecule has 19 heavy (non-hydrogen) atoms. The first-order chi connectivity index (χ1) is 9.02. The minimum Gasteiger partial charge on any atom is -0.373 e. The van der Waals surface area contributed by atoms with Crippen LogP contribution in [0, 0.1) is 13.8 Å². The van der Waals surface area contributed by atoms with Crippen LogP contribution in [0.4, 0.5) is 11.6 Å². The number of piperidine rings is 1. The summed E-state index contributed by atoms with van der Waals surface area (Å²) in [6.45, 7) is 6.19. The lowest BCUT2D eigenvalue weighted by atomic mass is 10.0. The monoisotopic (exact) mass is 263 g/mol. The molecule has 1 fully saturated rings. The predicted molar refractivity (Wildman–Crippen MR) is 80.0 cm³/mol. The van der Waals surface area contributed by atoms with E-state index in [9.17, 15) is 0 Å². The first-order valence-electron chi connectivity index (χ1n) is 6.97. The molecule has 1 N–H and O–H groups in total. The van der Waals surface area contributed by atoms with E-state index < -0.39 is 0 Å². The average Bonchev–Trinajstić information content (AvgIpc) is 2.41. The molecule has 5 heteroatoms. The fraction of sp³-hybridized carbons (Fsp3) is 0.714. The predicted octanol–water partition coefficient (Wildman–Crippen LogP) is 1.67. The molecule has 0 saturated carbocycles. The van der Waals surface area contributed by atoms with Crippen molar-refractivity contribution in [1.82, 2.24) is 14.9 Å². The van der Waals surface area contributed by atoms with Crippen molar-refractivity contribution in [3.63, 3.8) is 0 Å². The van der Waals surface area contributed by atoms with Gasteiger partial charge in [0.15, 0.2) is 0 Å². The highest BCUT2D eigenvalue weighted by Gasteiger charge is 2.24. The largest absolute Gasteiger partial charge is 0.373 e. The summed E-state index contributed by atoms with van der Waals surface area (Å²) in [5.74, 6) is 2.86. The van der Waals surface area contributed by atoms with Crippen LogP contribution in [0.2, 0.25) is 0 Å². The molecule has 1 aromatic rings. The van der Waals surface area contributed by atoms with Gasteiger partial charge in [-0.05, 0) is 40.8 Å². The van der Waals surface area contributed by atoms with Crippen LogP contribution in [-0.4, -0.2) is 55.1 Å². The van der Waals surface area contributed by atoms with Crippen LogP contribution in [0.5, 0.6) is 0 Å². The number of nitrogens with one attached hydrogen (secondary N) is 1. The third-order valence-electron chi connectivity index (χ3n) is 3.90. The number of hydrogen-bond acceptors (Lipinski definition) is 5. The Kier molecular flexibility index (Phi) is 4.24. The molecule has 0 amide bonds. The zero-order chi connectivity index (χ0) is 14.0. The van der Waals surface area contributed by atoms with Crippen LogP contribution in [0.1, 0.15) is 24.2 Å². The standard InChI is InChI=1S/C14H25N5/c1-10-13(15-3)16-11(2)17-14(10)19-8-6-7-12(9-19)18(4)5/h12H,6-9H2,1-5H3,(H,15,16,17). The van der Waals surface area contributed by atoms with Crippen LogP contribution in [0.3, 0.4) is 0 Å². The Morgan fingerprint density at radius 1 is 1.26 bits per heavy atom. The fourth-order valence-electron chi connectivity index (χ4n) is 2.73. The van der Waals surface area contributed by atoms with Gasteiger partial charge in [-0.2, -0.15) is 0 Å². The Hall–Kier alpha value is -1.36.